The fourth-order valence-electron chi connectivity index (χ4n) is 2.97. The van der Waals surface area contributed by atoms with E-state index in [0.29, 0.717) is 18.4 Å². The SMILES string of the molecule is C=C(CC(=O)OC1(c2ccc(SC(F)(F)F)cc2)CCC1)C(=O)OCCC(=O)OCC(Cl)(Cl)Cl. The van der Waals surface area contributed by atoms with Crippen molar-refractivity contribution in [1.29, 1.82) is 0 Å². The van der Waals surface area contributed by atoms with E-state index in [1.807, 2.05) is 0 Å². The summed E-state index contributed by atoms with van der Waals surface area (Å²) in [4.78, 5) is 35.9. The molecule has 0 bridgehead atoms. The lowest BCUT2D eigenvalue weighted by molar-refractivity contribution is -0.171. The maximum Gasteiger partial charge on any atom is 0.446 e. The van der Waals surface area contributed by atoms with E-state index in [1.54, 1.807) is 0 Å². The summed E-state index contributed by atoms with van der Waals surface area (Å²) in [6.45, 7) is 2.70. The molecule has 1 aliphatic rings. The maximum absolute atomic E-state index is 12.5. The van der Waals surface area contributed by atoms with Crippen LogP contribution in [0.2, 0.25) is 0 Å². The van der Waals surface area contributed by atoms with Crippen molar-refractivity contribution in [3.05, 3.63) is 42.0 Å². The molecule has 0 aromatic heterocycles. The Bertz CT molecular complexity index is 912. The molecule has 2 rings (SSSR count). The van der Waals surface area contributed by atoms with Gasteiger partial charge in [0, 0.05) is 10.5 Å². The molecule has 0 aliphatic heterocycles. The number of hydrogen-bond donors (Lipinski definition) is 0. The Morgan fingerprint density at radius 3 is 2.15 bits per heavy atom. The second kappa shape index (κ2) is 11.9. The number of alkyl halides is 6. The fraction of sp³-hybridized carbons (Fsp3) is 0.476. The van der Waals surface area contributed by atoms with Crippen molar-refractivity contribution in [3.8, 4) is 0 Å². The molecule has 1 aliphatic carbocycles. The number of rotatable bonds is 10. The Balaban J connectivity index is 1.82. The normalized spacial score (nSPS) is 15.1. The predicted octanol–water partition coefficient (Wildman–Crippen LogP) is 6.01. The molecule has 0 amide bonds. The van der Waals surface area contributed by atoms with Crippen molar-refractivity contribution in [2.75, 3.05) is 13.2 Å². The van der Waals surface area contributed by atoms with Crippen LogP contribution in [0, 0.1) is 0 Å². The number of esters is 3. The van der Waals surface area contributed by atoms with Crippen LogP contribution >= 0.6 is 46.6 Å². The van der Waals surface area contributed by atoms with Crippen LogP contribution in [-0.4, -0.2) is 40.4 Å². The van der Waals surface area contributed by atoms with Crippen LogP contribution in [0.4, 0.5) is 13.2 Å². The zero-order valence-corrected chi connectivity index (χ0v) is 20.7. The van der Waals surface area contributed by atoms with Gasteiger partial charge in [0.1, 0.15) is 18.8 Å². The number of benzene rings is 1. The van der Waals surface area contributed by atoms with Gasteiger partial charge < -0.3 is 14.2 Å². The summed E-state index contributed by atoms with van der Waals surface area (Å²) in [6, 6.07) is 5.61. The van der Waals surface area contributed by atoms with Gasteiger partial charge in [-0.2, -0.15) is 13.2 Å². The molecule has 0 saturated heterocycles. The number of hydrogen-bond acceptors (Lipinski definition) is 7. The summed E-state index contributed by atoms with van der Waals surface area (Å²) >= 11 is 16.1. The minimum Gasteiger partial charge on any atom is -0.462 e. The number of carbonyl (C=O) groups excluding carboxylic acids is 3. The molecule has 1 aromatic carbocycles. The number of ether oxygens (including phenoxy) is 3. The Hall–Kier alpha value is -1.62. The van der Waals surface area contributed by atoms with Gasteiger partial charge >= 0.3 is 23.4 Å². The molecule has 1 saturated carbocycles. The van der Waals surface area contributed by atoms with Gasteiger partial charge in [0.2, 0.25) is 3.79 Å². The van der Waals surface area contributed by atoms with Gasteiger partial charge in [-0.1, -0.05) is 53.5 Å². The van der Waals surface area contributed by atoms with E-state index in [1.165, 1.54) is 24.3 Å². The van der Waals surface area contributed by atoms with E-state index in [-0.39, 0.29) is 35.3 Å². The first-order valence-corrected chi connectivity index (χ1v) is 11.8. The molecule has 1 aromatic rings. The lowest BCUT2D eigenvalue weighted by atomic mass is 9.75. The van der Waals surface area contributed by atoms with Crippen LogP contribution in [0.25, 0.3) is 0 Å². The minimum atomic E-state index is -4.40. The first-order chi connectivity index (χ1) is 15.7. The van der Waals surface area contributed by atoms with Gasteiger partial charge in [-0.3, -0.25) is 9.59 Å². The van der Waals surface area contributed by atoms with E-state index in [9.17, 15) is 27.6 Å². The number of halogens is 6. The van der Waals surface area contributed by atoms with Gasteiger partial charge in [-0.25, -0.2) is 4.79 Å². The van der Waals surface area contributed by atoms with Gasteiger partial charge in [0.25, 0.3) is 0 Å². The predicted molar refractivity (Wildman–Crippen MR) is 121 cm³/mol. The molecule has 0 N–H and O–H groups in total. The van der Waals surface area contributed by atoms with Crippen LogP contribution in [0.1, 0.15) is 37.7 Å². The Labute approximate surface area is 213 Å². The minimum absolute atomic E-state index is 0.0179. The van der Waals surface area contributed by atoms with Crippen molar-refractivity contribution in [2.45, 2.75) is 51.9 Å². The average molecular weight is 564 g/mol. The Morgan fingerprint density at radius 1 is 1.03 bits per heavy atom. The molecule has 0 spiro atoms. The van der Waals surface area contributed by atoms with Crippen LogP contribution < -0.4 is 0 Å². The molecule has 0 atom stereocenters. The Kier molecular flexibility index (Phi) is 10.00. The molecule has 0 heterocycles. The van der Waals surface area contributed by atoms with Crippen molar-refractivity contribution in [1.82, 2.24) is 0 Å². The van der Waals surface area contributed by atoms with Crippen molar-refractivity contribution in [2.24, 2.45) is 0 Å². The van der Waals surface area contributed by atoms with Gasteiger partial charge in [-0.05, 0) is 48.7 Å². The first-order valence-electron chi connectivity index (χ1n) is 9.84. The van der Waals surface area contributed by atoms with Gasteiger partial charge in [0.15, 0.2) is 0 Å². The highest BCUT2D eigenvalue weighted by Gasteiger charge is 2.43. The topological polar surface area (TPSA) is 78.9 Å². The van der Waals surface area contributed by atoms with Gasteiger partial charge in [0.05, 0.1) is 12.8 Å². The van der Waals surface area contributed by atoms with Crippen LogP contribution in [0.3, 0.4) is 0 Å². The smallest absolute Gasteiger partial charge is 0.446 e. The fourth-order valence-corrected chi connectivity index (χ4v) is 3.68. The molecule has 0 radical (unpaired) electrons. The maximum atomic E-state index is 12.5. The Morgan fingerprint density at radius 2 is 1.65 bits per heavy atom. The molecule has 1 fully saturated rings. The van der Waals surface area contributed by atoms with E-state index in [4.69, 9.17) is 44.3 Å². The lowest BCUT2D eigenvalue weighted by Gasteiger charge is -2.41. The zero-order valence-electron chi connectivity index (χ0n) is 17.6. The second-order valence-corrected chi connectivity index (χ2v) is 11.0. The van der Waals surface area contributed by atoms with Crippen molar-refractivity contribution >= 4 is 64.5 Å². The lowest BCUT2D eigenvalue weighted by Crippen LogP contribution is -2.39. The number of carbonyl (C=O) groups is 3. The summed E-state index contributed by atoms with van der Waals surface area (Å²) in [7, 11) is 0. The molecule has 0 unspecified atom stereocenters. The molecular weight excluding hydrogens is 544 g/mol. The summed E-state index contributed by atoms with van der Waals surface area (Å²) in [6.07, 6.45) is 1.01. The van der Waals surface area contributed by atoms with Crippen LogP contribution in [0.5, 0.6) is 0 Å². The monoisotopic (exact) mass is 562 g/mol. The molecular formula is C21H20Cl3F3O6S. The summed E-state index contributed by atoms with van der Waals surface area (Å²) < 4.78 is 50.9. The highest BCUT2D eigenvalue weighted by Crippen LogP contribution is 2.46. The summed E-state index contributed by atoms with van der Waals surface area (Å²) in [5, 5.41) is 0. The first kappa shape index (κ1) is 28.6. The van der Waals surface area contributed by atoms with Crippen molar-refractivity contribution < 1.29 is 41.8 Å². The number of thioether (sulfide) groups is 1. The van der Waals surface area contributed by atoms with Crippen LogP contribution in [0.15, 0.2) is 41.3 Å². The molecule has 6 nitrogen and oxygen atoms in total. The third kappa shape index (κ3) is 9.56. The van der Waals surface area contributed by atoms with E-state index in [0.717, 1.165) is 6.42 Å². The zero-order chi connectivity index (χ0) is 25.6. The standard InChI is InChI=1S/C21H20Cl3F3O6S/c1-13(18(30)31-10-7-16(28)32-12-20(22,23)24)11-17(29)33-19(8-2-9-19)14-3-5-15(6-4-14)34-21(25,26)27/h3-6H,1-2,7-12H2. The van der Waals surface area contributed by atoms with E-state index in [2.05, 4.69) is 11.3 Å². The summed E-state index contributed by atoms with van der Waals surface area (Å²) in [5.74, 6) is -2.39. The quantitative estimate of drug-likeness (QED) is 0.113. The highest BCUT2D eigenvalue weighted by molar-refractivity contribution is 8.00. The summed E-state index contributed by atoms with van der Waals surface area (Å²) in [5.41, 5.74) is -4.98. The van der Waals surface area contributed by atoms with Crippen LogP contribution in [-0.2, 0) is 34.2 Å². The van der Waals surface area contributed by atoms with Gasteiger partial charge in [-0.15, -0.1) is 0 Å². The second-order valence-electron chi connectivity index (χ2n) is 7.34. The van der Waals surface area contributed by atoms with E-state index < -0.39 is 45.8 Å². The highest BCUT2D eigenvalue weighted by atomic mass is 35.6. The third-order valence-corrected chi connectivity index (χ3v) is 5.73. The average Bonchev–Trinajstić information content (AvgIpc) is 2.68. The van der Waals surface area contributed by atoms with E-state index >= 15 is 0 Å². The van der Waals surface area contributed by atoms with Crippen molar-refractivity contribution in [3.63, 3.8) is 0 Å². The molecule has 13 heteroatoms. The molecule has 188 valence electrons. The molecule has 34 heavy (non-hydrogen) atoms. The largest absolute Gasteiger partial charge is 0.462 e. The third-order valence-electron chi connectivity index (χ3n) is 4.67.